The molecule has 2 saturated carbocycles. The minimum absolute atomic E-state index is 0. The van der Waals surface area contributed by atoms with Crippen LogP contribution in [0.1, 0.15) is 75.4 Å². The van der Waals surface area contributed by atoms with Crippen molar-refractivity contribution in [1.29, 1.82) is 0 Å². The van der Waals surface area contributed by atoms with E-state index < -0.39 is 22.7 Å². The molecule has 2 aromatic carbocycles. The lowest BCUT2D eigenvalue weighted by atomic mass is 9.81. The van der Waals surface area contributed by atoms with Gasteiger partial charge in [-0.2, -0.15) is 0 Å². The molecule has 10 heteroatoms. The lowest BCUT2D eigenvalue weighted by Crippen LogP contribution is -2.47. The van der Waals surface area contributed by atoms with Gasteiger partial charge in [0, 0.05) is 24.2 Å². The number of hydrogen-bond donors (Lipinski definition) is 3. The number of hydrogen-bond acceptors (Lipinski definition) is 7. The predicted octanol–water partition coefficient (Wildman–Crippen LogP) is 5.03. The van der Waals surface area contributed by atoms with Crippen LogP contribution in [0.3, 0.4) is 0 Å². The summed E-state index contributed by atoms with van der Waals surface area (Å²) >= 11 is 0. The lowest BCUT2D eigenvalue weighted by molar-refractivity contribution is -0.127. The molecule has 3 N–H and O–H groups in total. The van der Waals surface area contributed by atoms with Gasteiger partial charge in [0.1, 0.15) is 34.9 Å². The van der Waals surface area contributed by atoms with Gasteiger partial charge in [-0.05, 0) is 88.1 Å². The Morgan fingerprint density at radius 3 is 2.52 bits per heavy atom. The largest absolute Gasteiger partial charge is 0.493 e. The number of aromatic nitrogens is 1. The van der Waals surface area contributed by atoms with Gasteiger partial charge >= 0.3 is 0 Å². The highest BCUT2D eigenvalue weighted by Crippen LogP contribution is 2.46. The van der Waals surface area contributed by atoms with Crippen molar-refractivity contribution < 1.29 is 34.7 Å². The fourth-order valence-corrected chi connectivity index (χ4v) is 5.78. The summed E-state index contributed by atoms with van der Waals surface area (Å²) < 4.78 is 31.2. The third-order valence-electron chi connectivity index (χ3n) is 8.77. The molecule has 2 atom stereocenters. The number of amides is 2. The van der Waals surface area contributed by atoms with Gasteiger partial charge < -0.3 is 30.0 Å². The number of methoxy groups -OCH3 is 1. The first kappa shape index (κ1) is 29.9. The molecule has 0 saturated heterocycles. The summed E-state index contributed by atoms with van der Waals surface area (Å²) in [5.74, 6) is 0.491. The summed E-state index contributed by atoms with van der Waals surface area (Å²) in [4.78, 5) is 31.6. The van der Waals surface area contributed by atoms with Crippen molar-refractivity contribution >= 4 is 11.8 Å². The Bertz CT molecular complexity index is 1570. The van der Waals surface area contributed by atoms with Crippen LogP contribution < -0.4 is 24.8 Å². The summed E-state index contributed by atoms with van der Waals surface area (Å²) in [6.07, 6.45) is 6.21. The molecule has 2 amide bonds. The van der Waals surface area contributed by atoms with Crippen LogP contribution in [0.4, 0.5) is 4.39 Å². The Morgan fingerprint density at radius 1 is 1.11 bits per heavy atom. The lowest BCUT2D eigenvalue weighted by Gasteiger charge is -2.27. The number of rotatable bonds is 10. The molecule has 234 valence electrons. The van der Waals surface area contributed by atoms with E-state index >= 15 is 0 Å². The number of benzene rings is 2. The molecule has 1 aliphatic heterocycles. The average molecular weight is 606 g/mol. The molecule has 0 unspecified atom stereocenters. The number of nitrogens with zero attached hydrogens (tertiary/aromatic N) is 1. The van der Waals surface area contributed by atoms with Crippen LogP contribution in [0.2, 0.25) is 0 Å². The van der Waals surface area contributed by atoms with E-state index in [1.165, 1.54) is 19.2 Å². The van der Waals surface area contributed by atoms with Gasteiger partial charge in [-0.1, -0.05) is 12.8 Å². The van der Waals surface area contributed by atoms with E-state index in [0.29, 0.717) is 39.6 Å². The van der Waals surface area contributed by atoms with E-state index in [1.54, 1.807) is 43.3 Å². The smallest absolute Gasteiger partial charge is 0.251 e. The maximum atomic E-state index is 13.8. The van der Waals surface area contributed by atoms with Crippen LogP contribution in [0, 0.1) is 5.82 Å². The standard InChI is InChI=1S/C34H38FN3O6.H2/c1-33(32(40)37-23-6-4-5-7-23)19-43-30-25(33)17-28(38-29(30)20-8-11-22(35)12-9-20)34(2,41)18-36-31(39)21-10-15-26(27(16-21)42-3)44-24-13-14-24;/h8-12,15-17,23-24,41H,4-7,13-14,18-19H2,1-3H3,(H,36,39)(H,37,40);1H/t33-,34-;/m0./s1. The molecule has 1 aromatic heterocycles. The number of carbonyl (C=O) groups is 2. The van der Waals surface area contributed by atoms with Crippen molar-refractivity contribution in [3.8, 4) is 28.5 Å². The van der Waals surface area contributed by atoms with Crippen LogP contribution in [0.25, 0.3) is 11.3 Å². The molecule has 44 heavy (non-hydrogen) atoms. The number of carbonyl (C=O) groups excluding carboxylic acids is 2. The SMILES string of the molecule is COc1cc(C(=O)NC[C@](C)(O)c2cc3c(c(-c4ccc(F)cc4)n2)OC[C@]3(C)C(=O)NC2CCCC2)ccc1OC1CC1.[HH]. The molecule has 3 aromatic rings. The second kappa shape index (κ2) is 11.7. The van der Waals surface area contributed by atoms with Crippen LogP contribution in [-0.4, -0.2) is 54.3 Å². The quantitative estimate of drug-likeness (QED) is 0.297. The van der Waals surface area contributed by atoms with E-state index in [-0.39, 0.29) is 38.3 Å². The Kier molecular flexibility index (Phi) is 7.96. The summed E-state index contributed by atoms with van der Waals surface area (Å²) in [6.45, 7) is 3.30. The van der Waals surface area contributed by atoms with Crippen LogP contribution in [0.15, 0.2) is 48.5 Å². The van der Waals surface area contributed by atoms with Crippen molar-refractivity contribution in [2.45, 2.75) is 75.5 Å². The second-order valence-electron chi connectivity index (χ2n) is 12.5. The fourth-order valence-electron chi connectivity index (χ4n) is 5.78. The highest BCUT2D eigenvalue weighted by molar-refractivity contribution is 5.95. The summed E-state index contributed by atoms with van der Waals surface area (Å²) in [5, 5.41) is 17.7. The van der Waals surface area contributed by atoms with E-state index in [2.05, 4.69) is 10.6 Å². The van der Waals surface area contributed by atoms with Gasteiger partial charge in [-0.3, -0.25) is 9.59 Å². The van der Waals surface area contributed by atoms with Crippen molar-refractivity contribution in [1.82, 2.24) is 15.6 Å². The zero-order valence-electron chi connectivity index (χ0n) is 25.2. The monoisotopic (exact) mass is 605 g/mol. The minimum Gasteiger partial charge on any atom is -0.493 e. The summed E-state index contributed by atoms with van der Waals surface area (Å²) in [5.41, 5.74) is -0.539. The van der Waals surface area contributed by atoms with Crippen LogP contribution >= 0.6 is 0 Å². The molecule has 2 heterocycles. The van der Waals surface area contributed by atoms with Gasteiger partial charge in [0.05, 0.1) is 25.5 Å². The highest BCUT2D eigenvalue weighted by Gasteiger charge is 2.46. The van der Waals surface area contributed by atoms with Gasteiger partial charge in [0.2, 0.25) is 5.91 Å². The first-order chi connectivity index (χ1) is 21.1. The molecule has 2 aliphatic carbocycles. The molecule has 0 radical (unpaired) electrons. The minimum atomic E-state index is -1.63. The normalized spacial score (nSPS) is 20.8. The average Bonchev–Trinajstić information content (AvgIpc) is 3.56. The second-order valence-corrected chi connectivity index (χ2v) is 12.5. The van der Waals surface area contributed by atoms with Gasteiger partial charge in [-0.15, -0.1) is 0 Å². The Labute approximate surface area is 257 Å². The van der Waals surface area contributed by atoms with Crippen LogP contribution in [-0.2, 0) is 15.8 Å². The number of fused-ring (bicyclic) bond motifs is 1. The van der Waals surface area contributed by atoms with E-state index in [9.17, 15) is 19.1 Å². The van der Waals surface area contributed by atoms with Gasteiger partial charge in [0.15, 0.2) is 11.5 Å². The molecule has 0 bridgehead atoms. The van der Waals surface area contributed by atoms with Gasteiger partial charge in [-0.25, -0.2) is 9.37 Å². The first-order valence-corrected chi connectivity index (χ1v) is 15.2. The van der Waals surface area contributed by atoms with E-state index in [0.717, 1.165) is 38.5 Å². The van der Waals surface area contributed by atoms with Crippen LogP contribution in [0.5, 0.6) is 17.2 Å². The maximum absolute atomic E-state index is 13.8. The number of pyridine rings is 1. The molecule has 6 rings (SSSR count). The Balaban J connectivity index is 0.00000400. The number of nitrogens with one attached hydrogen (secondary N) is 2. The molecule has 0 spiro atoms. The van der Waals surface area contributed by atoms with Crippen molar-refractivity contribution in [3.05, 3.63) is 71.2 Å². The van der Waals surface area contributed by atoms with Crippen molar-refractivity contribution in [3.63, 3.8) is 0 Å². The number of halogens is 1. The topological polar surface area (TPSA) is 119 Å². The van der Waals surface area contributed by atoms with Crippen molar-refractivity contribution in [2.24, 2.45) is 0 Å². The molecule has 9 nitrogen and oxygen atoms in total. The third kappa shape index (κ3) is 5.95. The fraction of sp³-hybridized carbons (Fsp3) is 0.441. The molecule has 2 fully saturated rings. The predicted molar refractivity (Wildman–Crippen MR) is 164 cm³/mol. The Morgan fingerprint density at radius 2 is 1.84 bits per heavy atom. The molecule has 3 aliphatic rings. The summed E-state index contributed by atoms with van der Waals surface area (Å²) in [7, 11) is 1.52. The van der Waals surface area contributed by atoms with Crippen molar-refractivity contribution in [2.75, 3.05) is 20.3 Å². The number of ether oxygens (including phenoxy) is 3. The van der Waals surface area contributed by atoms with Gasteiger partial charge in [0.25, 0.3) is 5.91 Å². The number of aliphatic hydroxyl groups is 1. The first-order valence-electron chi connectivity index (χ1n) is 15.2. The molecular formula is C34H40FN3O6. The van der Waals surface area contributed by atoms with E-state index in [4.69, 9.17) is 19.2 Å². The Hall–Kier alpha value is -4.18. The maximum Gasteiger partial charge on any atom is 0.251 e. The zero-order chi connectivity index (χ0) is 31.1. The zero-order valence-corrected chi connectivity index (χ0v) is 25.2. The molecular weight excluding hydrogens is 565 g/mol. The summed E-state index contributed by atoms with van der Waals surface area (Å²) in [6, 6.07) is 12.6. The third-order valence-corrected chi connectivity index (χ3v) is 8.77. The highest BCUT2D eigenvalue weighted by atomic mass is 19.1. The van der Waals surface area contributed by atoms with E-state index in [1.807, 2.05) is 6.92 Å².